The lowest BCUT2D eigenvalue weighted by molar-refractivity contribution is -0.156. The topological polar surface area (TPSA) is 60.4 Å². The maximum Gasteiger partial charge on any atom is 0.375 e. The van der Waals surface area contributed by atoms with Crippen molar-refractivity contribution in [1.29, 1.82) is 0 Å². The zero-order chi connectivity index (χ0) is 11.4. The number of Topliss-reactive ketones (excluding diaryl/α,β-unsaturated/α-hetero) is 2. The van der Waals surface area contributed by atoms with Gasteiger partial charge in [0.15, 0.2) is 0 Å². The molecular weight excluding hydrogens is 198 g/mol. The van der Waals surface area contributed by atoms with E-state index >= 15 is 0 Å². The molecule has 0 aliphatic rings. The summed E-state index contributed by atoms with van der Waals surface area (Å²) in [6, 6.07) is 0. The van der Waals surface area contributed by atoms with Crippen molar-refractivity contribution in [2.24, 2.45) is 0 Å². The maximum atomic E-state index is 12.3. The van der Waals surface area contributed by atoms with E-state index in [1.165, 1.54) is 6.92 Å². The van der Waals surface area contributed by atoms with Crippen LogP contribution in [0.25, 0.3) is 0 Å². The van der Waals surface area contributed by atoms with Crippen LogP contribution in [-0.2, 0) is 19.1 Å². The van der Waals surface area contributed by atoms with Gasteiger partial charge < -0.3 is 4.74 Å². The Kier molecular flexibility index (Phi) is 4.33. The fourth-order valence-electron chi connectivity index (χ4n) is 0.585. The summed E-state index contributed by atoms with van der Waals surface area (Å²) < 4.78 is 28.8. The number of esters is 1. The summed E-state index contributed by atoms with van der Waals surface area (Å²) in [5, 5.41) is 0. The monoisotopic (exact) mass is 208 g/mol. The lowest BCUT2D eigenvalue weighted by Crippen LogP contribution is -2.30. The van der Waals surface area contributed by atoms with Gasteiger partial charge in [-0.2, -0.15) is 8.78 Å². The Hall–Kier alpha value is -1.33. The SMILES string of the molecule is CCOC(=O)C(=O)CC(=O)C(C)(F)F. The van der Waals surface area contributed by atoms with Crippen LogP contribution in [0, 0.1) is 0 Å². The van der Waals surface area contributed by atoms with Crippen molar-refractivity contribution >= 4 is 17.5 Å². The van der Waals surface area contributed by atoms with Gasteiger partial charge in [0.05, 0.1) is 13.0 Å². The molecule has 0 aliphatic carbocycles. The summed E-state index contributed by atoms with van der Waals surface area (Å²) in [4.78, 5) is 32.0. The van der Waals surface area contributed by atoms with Gasteiger partial charge in [0, 0.05) is 6.92 Å². The second-order valence-corrected chi connectivity index (χ2v) is 2.63. The summed E-state index contributed by atoms with van der Waals surface area (Å²) in [7, 11) is 0. The van der Waals surface area contributed by atoms with E-state index in [0.29, 0.717) is 6.92 Å². The highest BCUT2D eigenvalue weighted by atomic mass is 19.3. The molecule has 0 aromatic heterocycles. The molecule has 0 aromatic rings. The Morgan fingerprint density at radius 3 is 2.14 bits per heavy atom. The van der Waals surface area contributed by atoms with Crippen LogP contribution < -0.4 is 0 Å². The van der Waals surface area contributed by atoms with Crippen LogP contribution in [0.15, 0.2) is 0 Å². The molecule has 0 spiro atoms. The maximum absolute atomic E-state index is 12.3. The molecule has 0 bridgehead atoms. The second kappa shape index (κ2) is 4.78. The Bertz CT molecular complexity index is 255. The van der Waals surface area contributed by atoms with Gasteiger partial charge in [-0.15, -0.1) is 0 Å². The van der Waals surface area contributed by atoms with Crippen molar-refractivity contribution in [3.05, 3.63) is 0 Å². The van der Waals surface area contributed by atoms with Crippen molar-refractivity contribution in [2.75, 3.05) is 6.61 Å². The number of carbonyl (C=O) groups excluding carboxylic acids is 3. The van der Waals surface area contributed by atoms with Crippen LogP contribution >= 0.6 is 0 Å². The number of rotatable bonds is 5. The lowest BCUT2D eigenvalue weighted by atomic mass is 10.1. The van der Waals surface area contributed by atoms with E-state index in [0.717, 1.165) is 0 Å². The minimum Gasteiger partial charge on any atom is -0.460 e. The Morgan fingerprint density at radius 2 is 1.79 bits per heavy atom. The first-order valence-electron chi connectivity index (χ1n) is 3.90. The van der Waals surface area contributed by atoms with Crippen LogP contribution in [0.4, 0.5) is 8.78 Å². The average Bonchev–Trinajstić information content (AvgIpc) is 2.02. The van der Waals surface area contributed by atoms with E-state index in [2.05, 4.69) is 4.74 Å². The van der Waals surface area contributed by atoms with E-state index in [9.17, 15) is 23.2 Å². The molecule has 0 fully saturated rings. The zero-order valence-electron chi connectivity index (χ0n) is 7.80. The quantitative estimate of drug-likeness (QED) is 0.379. The van der Waals surface area contributed by atoms with Crippen LogP contribution in [-0.4, -0.2) is 30.1 Å². The average molecular weight is 208 g/mol. The molecule has 0 heterocycles. The normalized spacial score (nSPS) is 10.9. The van der Waals surface area contributed by atoms with E-state index in [4.69, 9.17) is 0 Å². The molecule has 0 saturated heterocycles. The van der Waals surface area contributed by atoms with Crippen molar-refractivity contribution < 1.29 is 27.9 Å². The third-order valence-electron chi connectivity index (χ3n) is 1.31. The predicted octanol–water partition coefficient (Wildman–Crippen LogP) is 0.733. The van der Waals surface area contributed by atoms with Gasteiger partial charge in [0.25, 0.3) is 0 Å². The van der Waals surface area contributed by atoms with Crippen LogP contribution in [0.1, 0.15) is 20.3 Å². The van der Waals surface area contributed by atoms with Gasteiger partial charge in [-0.25, -0.2) is 4.79 Å². The first-order valence-corrected chi connectivity index (χ1v) is 3.90. The van der Waals surface area contributed by atoms with Crippen LogP contribution in [0.2, 0.25) is 0 Å². The summed E-state index contributed by atoms with van der Waals surface area (Å²) in [6.45, 7) is 1.79. The largest absolute Gasteiger partial charge is 0.460 e. The van der Waals surface area contributed by atoms with Gasteiger partial charge in [-0.1, -0.05) is 0 Å². The number of ether oxygens (including phenoxy) is 1. The predicted molar refractivity (Wildman–Crippen MR) is 41.9 cm³/mol. The first kappa shape index (κ1) is 12.7. The molecular formula is C8H10F2O4. The van der Waals surface area contributed by atoms with Gasteiger partial charge >= 0.3 is 11.9 Å². The molecule has 0 saturated carbocycles. The standard InChI is InChI=1S/C8H10F2O4/c1-3-14-7(13)5(11)4-6(12)8(2,9)10/h3-4H2,1-2H3. The van der Waals surface area contributed by atoms with Gasteiger partial charge in [-0.3, -0.25) is 9.59 Å². The number of hydrogen-bond donors (Lipinski definition) is 0. The molecule has 4 nitrogen and oxygen atoms in total. The van der Waals surface area contributed by atoms with E-state index < -0.39 is 29.9 Å². The fraction of sp³-hybridized carbons (Fsp3) is 0.625. The molecule has 0 rings (SSSR count). The third-order valence-corrected chi connectivity index (χ3v) is 1.31. The Morgan fingerprint density at radius 1 is 1.29 bits per heavy atom. The third kappa shape index (κ3) is 4.06. The molecule has 0 atom stereocenters. The minimum absolute atomic E-state index is 0.0404. The minimum atomic E-state index is -3.60. The number of carbonyl (C=O) groups is 3. The van der Waals surface area contributed by atoms with E-state index in [-0.39, 0.29) is 6.61 Å². The fourth-order valence-corrected chi connectivity index (χ4v) is 0.585. The highest BCUT2D eigenvalue weighted by molar-refractivity contribution is 6.37. The molecule has 6 heteroatoms. The van der Waals surface area contributed by atoms with Crippen molar-refractivity contribution in [2.45, 2.75) is 26.2 Å². The molecule has 80 valence electrons. The number of ketones is 2. The second-order valence-electron chi connectivity index (χ2n) is 2.63. The van der Waals surface area contributed by atoms with E-state index in [1.54, 1.807) is 0 Å². The van der Waals surface area contributed by atoms with Gasteiger partial charge in [0.1, 0.15) is 0 Å². The number of hydrogen-bond acceptors (Lipinski definition) is 4. The molecule has 0 amide bonds. The molecule has 0 radical (unpaired) electrons. The number of alkyl halides is 2. The Labute approximate surface area is 79.2 Å². The molecule has 0 N–H and O–H groups in total. The molecule has 14 heavy (non-hydrogen) atoms. The van der Waals surface area contributed by atoms with Crippen molar-refractivity contribution in [3.8, 4) is 0 Å². The smallest absolute Gasteiger partial charge is 0.375 e. The summed E-state index contributed by atoms with van der Waals surface area (Å²) >= 11 is 0. The van der Waals surface area contributed by atoms with Crippen LogP contribution in [0.3, 0.4) is 0 Å². The van der Waals surface area contributed by atoms with Gasteiger partial charge in [0.2, 0.25) is 11.6 Å². The lowest BCUT2D eigenvalue weighted by Gasteiger charge is -2.07. The highest BCUT2D eigenvalue weighted by Gasteiger charge is 2.35. The number of halogens is 2. The molecule has 0 aliphatic heterocycles. The van der Waals surface area contributed by atoms with Crippen molar-refractivity contribution in [3.63, 3.8) is 0 Å². The summed E-state index contributed by atoms with van der Waals surface area (Å²) in [6.07, 6.45) is -1.12. The molecule has 0 aromatic carbocycles. The van der Waals surface area contributed by atoms with Crippen LogP contribution in [0.5, 0.6) is 0 Å². The first-order chi connectivity index (χ1) is 6.29. The Balaban J connectivity index is 4.21. The van der Waals surface area contributed by atoms with Gasteiger partial charge in [-0.05, 0) is 6.92 Å². The summed E-state index contributed by atoms with van der Waals surface area (Å²) in [5.41, 5.74) is 0. The van der Waals surface area contributed by atoms with E-state index in [1.807, 2.05) is 0 Å². The van der Waals surface area contributed by atoms with Crippen molar-refractivity contribution in [1.82, 2.24) is 0 Å². The summed E-state index contributed by atoms with van der Waals surface area (Å²) in [5.74, 6) is -7.69. The zero-order valence-corrected chi connectivity index (χ0v) is 7.80. The highest BCUT2D eigenvalue weighted by Crippen LogP contribution is 2.15. The molecule has 0 unspecified atom stereocenters.